The van der Waals surface area contributed by atoms with Crippen LogP contribution in [-0.4, -0.2) is 72.7 Å². The quantitative estimate of drug-likeness (QED) is 0.684. The molecule has 3 amide bonds. The van der Waals surface area contributed by atoms with Gasteiger partial charge >= 0.3 is 0 Å². The van der Waals surface area contributed by atoms with E-state index in [1.807, 2.05) is 18.0 Å². The van der Waals surface area contributed by atoms with Crippen molar-refractivity contribution in [3.8, 4) is 6.07 Å². The largest absolute Gasteiger partial charge is 0.344 e. The fraction of sp³-hybridized carbons (Fsp3) is 0.412. The Kier molecular flexibility index (Phi) is 5.66. The van der Waals surface area contributed by atoms with Crippen LogP contribution in [0.1, 0.15) is 27.1 Å². The SMILES string of the molecule is CN(CCN(C)C(=O)CC#N)CCN1C(=O)c2ccccc2C1=O. The summed E-state index contributed by atoms with van der Waals surface area (Å²) in [6, 6.07) is 8.64. The van der Waals surface area contributed by atoms with E-state index < -0.39 is 0 Å². The first-order chi connectivity index (χ1) is 11.5. The highest BCUT2D eigenvalue weighted by Gasteiger charge is 2.34. The molecule has 0 saturated carbocycles. The van der Waals surface area contributed by atoms with E-state index in [0.29, 0.717) is 37.3 Å². The monoisotopic (exact) mass is 328 g/mol. The summed E-state index contributed by atoms with van der Waals surface area (Å²) in [5, 5.41) is 8.52. The molecule has 0 spiro atoms. The minimum absolute atomic E-state index is 0.130. The first-order valence-corrected chi connectivity index (χ1v) is 7.70. The Morgan fingerprint density at radius 2 is 1.67 bits per heavy atom. The highest BCUT2D eigenvalue weighted by molar-refractivity contribution is 6.21. The molecule has 24 heavy (non-hydrogen) atoms. The number of nitriles is 1. The van der Waals surface area contributed by atoms with Gasteiger partial charge < -0.3 is 9.80 Å². The Labute approximate surface area is 141 Å². The highest BCUT2D eigenvalue weighted by Crippen LogP contribution is 2.21. The number of nitrogens with zero attached hydrogens (tertiary/aromatic N) is 4. The Balaban J connectivity index is 1.82. The molecule has 7 heteroatoms. The first kappa shape index (κ1) is 17.6. The predicted octanol–water partition coefficient (Wildman–Crippen LogP) is 0.586. The van der Waals surface area contributed by atoms with E-state index in [-0.39, 0.29) is 24.1 Å². The van der Waals surface area contributed by atoms with Crippen LogP contribution in [0.2, 0.25) is 0 Å². The molecule has 0 aliphatic carbocycles. The van der Waals surface area contributed by atoms with Crippen LogP contribution in [0.15, 0.2) is 24.3 Å². The number of benzene rings is 1. The Morgan fingerprint density at radius 3 is 2.21 bits per heavy atom. The Hall–Kier alpha value is -2.72. The van der Waals surface area contributed by atoms with Crippen molar-refractivity contribution < 1.29 is 14.4 Å². The molecule has 7 nitrogen and oxygen atoms in total. The maximum atomic E-state index is 12.3. The lowest BCUT2D eigenvalue weighted by Gasteiger charge is -2.23. The number of hydrogen-bond donors (Lipinski definition) is 0. The summed E-state index contributed by atoms with van der Waals surface area (Å²) in [7, 11) is 3.51. The predicted molar refractivity (Wildman–Crippen MR) is 87.2 cm³/mol. The van der Waals surface area contributed by atoms with Gasteiger partial charge in [0.1, 0.15) is 6.42 Å². The van der Waals surface area contributed by atoms with Crippen molar-refractivity contribution >= 4 is 17.7 Å². The van der Waals surface area contributed by atoms with Crippen molar-refractivity contribution in [2.75, 3.05) is 40.3 Å². The second kappa shape index (κ2) is 7.70. The summed E-state index contributed by atoms with van der Waals surface area (Å²) in [5.74, 6) is -0.734. The van der Waals surface area contributed by atoms with E-state index in [0.717, 1.165) is 0 Å². The van der Waals surface area contributed by atoms with Crippen LogP contribution in [0.4, 0.5) is 0 Å². The van der Waals surface area contributed by atoms with Gasteiger partial charge in [-0.05, 0) is 19.2 Å². The second-order valence-electron chi connectivity index (χ2n) is 5.76. The molecule has 0 fully saturated rings. The van der Waals surface area contributed by atoms with E-state index >= 15 is 0 Å². The number of hydrogen-bond acceptors (Lipinski definition) is 5. The first-order valence-electron chi connectivity index (χ1n) is 7.70. The lowest BCUT2D eigenvalue weighted by atomic mass is 10.1. The zero-order valence-electron chi connectivity index (χ0n) is 13.9. The summed E-state index contributed by atoms with van der Waals surface area (Å²) in [5.41, 5.74) is 0.902. The topological polar surface area (TPSA) is 84.7 Å². The third kappa shape index (κ3) is 3.78. The van der Waals surface area contributed by atoms with E-state index in [9.17, 15) is 14.4 Å². The molecule has 1 aromatic carbocycles. The van der Waals surface area contributed by atoms with Gasteiger partial charge in [-0.3, -0.25) is 19.3 Å². The van der Waals surface area contributed by atoms with Gasteiger partial charge in [0.2, 0.25) is 5.91 Å². The average Bonchev–Trinajstić information content (AvgIpc) is 2.82. The molecule has 1 aromatic rings. The molecular formula is C17H20N4O3. The summed E-state index contributed by atoms with van der Waals surface area (Å²) in [4.78, 5) is 40.7. The van der Waals surface area contributed by atoms with E-state index in [2.05, 4.69) is 0 Å². The fourth-order valence-corrected chi connectivity index (χ4v) is 2.47. The number of imide groups is 1. The Bertz CT molecular complexity index is 660. The maximum Gasteiger partial charge on any atom is 0.261 e. The van der Waals surface area contributed by atoms with Crippen LogP contribution in [-0.2, 0) is 4.79 Å². The number of carbonyl (C=O) groups is 3. The zero-order chi connectivity index (χ0) is 17.7. The van der Waals surface area contributed by atoms with Gasteiger partial charge in [-0.15, -0.1) is 0 Å². The number of rotatable bonds is 7. The lowest BCUT2D eigenvalue weighted by molar-refractivity contribution is -0.128. The van der Waals surface area contributed by atoms with Crippen LogP contribution in [0.25, 0.3) is 0 Å². The standard InChI is InChI=1S/C17H20N4O3/c1-19(9-11-20(2)15(22)7-8-18)10-12-21-16(23)13-5-3-4-6-14(13)17(21)24/h3-6H,7,9-12H2,1-2H3. The van der Waals surface area contributed by atoms with Crippen molar-refractivity contribution in [2.24, 2.45) is 0 Å². The summed E-state index contributed by atoms with van der Waals surface area (Å²) >= 11 is 0. The second-order valence-corrected chi connectivity index (χ2v) is 5.76. The van der Waals surface area contributed by atoms with Gasteiger partial charge in [0.15, 0.2) is 0 Å². The number of amides is 3. The molecule has 0 bridgehead atoms. The molecule has 1 aliphatic rings. The van der Waals surface area contributed by atoms with Crippen molar-refractivity contribution in [1.29, 1.82) is 5.26 Å². The number of carbonyl (C=O) groups excluding carboxylic acids is 3. The van der Waals surface area contributed by atoms with Gasteiger partial charge in [-0.25, -0.2) is 0 Å². The van der Waals surface area contributed by atoms with Crippen molar-refractivity contribution in [3.63, 3.8) is 0 Å². The van der Waals surface area contributed by atoms with Crippen molar-refractivity contribution in [2.45, 2.75) is 6.42 Å². The van der Waals surface area contributed by atoms with Crippen LogP contribution in [0.3, 0.4) is 0 Å². The third-order valence-corrected chi connectivity index (χ3v) is 4.06. The highest BCUT2D eigenvalue weighted by atomic mass is 16.2. The lowest BCUT2D eigenvalue weighted by Crippen LogP contribution is -2.40. The van der Waals surface area contributed by atoms with Crippen LogP contribution in [0, 0.1) is 11.3 Å². The third-order valence-electron chi connectivity index (χ3n) is 4.06. The molecule has 0 unspecified atom stereocenters. The molecule has 0 aromatic heterocycles. The Morgan fingerprint density at radius 1 is 1.08 bits per heavy atom. The molecule has 0 N–H and O–H groups in total. The maximum absolute atomic E-state index is 12.3. The van der Waals surface area contributed by atoms with Crippen LogP contribution < -0.4 is 0 Å². The van der Waals surface area contributed by atoms with Gasteiger partial charge in [0.05, 0.1) is 17.2 Å². The summed E-state index contributed by atoms with van der Waals surface area (Å²) in [6.07, 6.45) is -0.130. The molecule has 1 aliphatic heterocycles. The summed E-state index contributed by atoms with van der Waals surface area (Å²) < 4.78 is 0. The van der Waals surface area contributed by atoms with Crippen molar-refractivity contribution in [3.05, 3.63) is 35.4 Å². The van der Waals surface area contributed by atoms with Crippen molar-refractivity contribution in [1.82, 2.24) is 14.7 Å². The molecule has 2 rings (SSSR count). The van der Waals surface area contributed by atoms with Gasteiger partial charge in [0.25, 0.3) is 11.8 Å². The van der Waals surface area contributed by atoms with Gasteiger partial charge in [-0.1, -0.05) is 12.1 Å². The molecule has 0 radical (unpaired) electrons. The smallest absolute Gasteiger partial charge is 0.261 e. The van der Waals surface area contributed by atoms with E-state index in [1.54, 1.807) is 31.3 Å². The fourth-order valence-electron chi connectivity index (χ4n) is 2.47. The molecular weight excluding hydrogens is 308 g/mol. The van der Waals surface area contributed by atoms with Gasteiger partial charge in [-0.2, -0.15) is 5.26 Å². The van der Waals surface area contributed by atoms with E-state index in [1.165, 1.54) is 9.80 Å². The molecule has 1 heterocycles. The minimum atomic E-state index is -0.259. The summed E-state index contributed by atoms with van der Waals surface area (Å²) in [6.45, 7) is 1.90. The number of fused-ring (bicyclic) bond motifs is 1. The van der Waals surface area contributed by atoms with Crippen LogP contribution in [0.5, 0.6) is 0 Å². The normalized spacial score (nSPS) is 13.2. The minimum Gasteiger partial charge on any atom is -0.344 e. The van der Waals surface area contributed by atoms with E-state index in [4.69, 9.17) is 5.26 Å². The zero-order valence-corrected chi connectivity index (χ0v) is 13.9. The molecule has 0 atom stereocenters. The molecule has 126 valence electrons. The molecule has 0 saturated heterocycles. The van der Waals surface area contributed by atoms with Gasteiger partial charge in [0, 0.05) is 33.2 Å². The average molecular weight is 328 g/mol. The number of likely N-dealkylation sites (N-methyl/N-ethyl adjacent to an activating group) is 2. The van der Waals surface area contributed by atoms with Crippen LogP contribution >= 0.6 is 0 Å².